The Kier molecular flexibility index (Phi) is 11.0. The zero-order valence-corrected chi connectivity index (χ0v) is 19.6. The van der Waals surface area contributed by atoms with Crippen molar-refractivity contribution in [3.63, 3.8) is 0 Å². The Balaban J connectivity index is 2.29. The molecule has 0 spiro atoms. The van der Waals surface area contributed by atoms with E-state index in [-0.39, 0.29) is 46.6 Å². The lowest BCUT2D eigenvalue weighted by Crippen LogP contribution is -2.30. The van der Waals surface area contributed by atoms with Crippen molar-refractivity contribution in [2.75, 3.05) is 38.4 Å². The van der Waals surface area contributed by atoms with Crippen LogP contribution < -0.4 is 35.4 Å². The van der Waals surface area contributed by atoms with Gasteiger partial charge >= 0.3 is 0 Å². The van der Waals surface area contributed by atoms with Crippen LogP contribution in [0.5, 0.6) is 5.75 Å². The van der Waals surface area contributed by atoms with Gasteiger partial charge in [-0.3, -0.25) is 19.0 Å². The van der Waals surface area contributed by atoms with Gasteiger partial charge in [0.15, 0.2) is 12.2 Å². The molecule has 0 aliphatic heterocycles. The van der Waals surface area contributed by atoms with Gasteiger partial charge < -0.3 is 20.7 Å². The molecule has 2 amide bonds. The number of amides is 2. The van der Waals surface area contributed by atoms with Crippen LogP contribution in [0.15, 0.2) is 40.8 Å². The summed E-state index contributed by atoms with van der Waals surface area (Å²) in [5.41, 5.74) is 5.30. The second kappa shape index (κ2) is 14.2. The highest BCUT2D eigenvalue weighted by molar-refractivity contribution is 7.07. The summed E-state index contributed by atoms with van der Waals surface area (Å²) < 4.78 is 31.5. The molecule has 0 bridgehead atoms. The number of rotatable bonds is 11. The van der Waals surface area contributed by atoms with Gasteiger partial charge in [0.2, 0.25) is 0 Å². The molecule has 0 radical (unpaired) electrons. The maximum atomic E-state index is 12.7. The van der Waals surface area contributed by atoms with E-state index in [0.717, 1.165) is 11.3 Å². The first-order valence-electron chi connectivity index (χ1n) is 10.5. The van der Waals surface area contributed by atoms with Crippen molar-refractivity contribution in [2.24, 2.45) is 0 Å². The third kappa shape index (κ3) is 8.28. The van der Waals surface area contributed by atoms with Gasteiger partial charge in [0.05, 0.1) is 0 Å². The fraction of sp³-hybridized carbons (Fsp3) is 0.304. The lowest BCUT2D eigenvalue weighted by Gasteiger charge is -2.07. The van der Waals surface area contributed by atoms with Crippen LogP contribution >= 0.6 is 11.3 Å². The first kappa shape index (κ1) is 27.1. The molecule has 9 nitrogen and oxygen atoms in total. The minimum atomic E-state index is -0.779. The zero-order chi connectivity index (χ0) is 25.6. The number of carbonyl (C=O) groups is 2. The van der Waals surface area contributed by atoms with Crippen molar-refractivity contribution in [3.05, 3.63) is 55.6 Å². The molecule has 2 aromatic rings. The smallest absolute Gasteiger partial charge is 0.277 e. The summed E-state index contributed by atoms with van der Waals surface area (Å²) in [6, 6.07) is 8.39. The molecule has 1 aromatic heterocycles. The van der Waals surface area contributed by atoms with Crippen LogP contribution in [0.25, 0.3) is 11.5 Å². The topological polar surface area (TPSA) is 125 Å². The number of halogens is 2. The maximum absolute atomic E-state index is 12.7. The molecule has 0 aliphatic carbocycles. The monoisotopic (exact) mass is 503 g/mol. The molecule has 0 atom stereocenters. The Labute approximate surface area is 203 Å². The average molecular weight is 504 g/mol. The van der Waals surface area contributed by atoms with Crippen LogP contribution in [0.2, 0.25) is 0 Å². The number of nitriles is 1. The van der Waals surface area contributed by atoms with Gasteiger partial charge in [0.1, 0.15) is 34.4 Å². The third-order valence-electron chi connectivity index (χ3n) is 4.21. The van der Waals surface area contributed by atoms with E-state index in [9.17, 15) is 28.4 Å². The van der Waals surface area contributed by atoms with Crippen LogP contribution in [-0.4, -0.2) is 49.4 Å². The molecule has 0 saturated heterocycles. The van der Waals surface area contributed by atoms with Gasteiger partial charge in [0.25, 0.3) is 17.4 Å². The van der Waals surface area contributed by atoms with E-state index in [1.165, 1.54) is 10.8 Å². The van der Waals surface area contributed by atoms with Crippen LogP contribution in [0.3, 0.4) is 0 Å². The summed E-state index contributed by atoms with van der Waals surface area (Å²) in [6.45, 7) is -0.00748. The van der Waals surface area contributed by atoms with Gasteiger partial charge in [-0.1, -0.05) is 28.9 Å². The second-order valence-electron chi connectivity index (χ2n) is 6.63. The molecule has 0 unspecified atom stereocenters. The van der Waals surface area contributed by atoms with Crippen LogP contribution in [0, 0.1) is 11.3 Å². The van der Waals surface area contributed by atoms with Crippen LogP contribution in [-0.2, 0) is 16.1 Å². The Morgan fingerprint density at radius 2 is 1.97 bits per heavy atom. The number of carbonyl (C=O) groups excluding carboxylic acids is 2. The quantitative estimate of drug-likeness (QED) is 0.300. The Bertz CT molecular complexity index is 1350. The summed E-state index contributed by atoms with van der Waals surface area (Å²) >= 11 is 0.987. The fourth-order valence-corrected chi connectivity index (χ4v) is 3.60. The number of benzene rings is 1. The zero-order valence-electron chi connectivity index (χ0n) is 18.8. The molecular weight excluding hydrogens is 480 g/mol. The highest BCUT2D eigenvalue weighted by Gasteiger charge is 2.09. The van der Waals surface area contributed by atoms with Crippen molar-refractivity contribution in [3.8, 4) is 11.8 Å². The first-order chi connectivity index (χ1) is 16.9. The van der Waals surface area contributed by atoms with E-state index in [2.05, 4.69) is 27.4 Å². The Morgan fingerprint density at radius 1 is 1.23 bits per heavy atom. The predicted octanol–water partition coefficient (Wildman–Crippen LogP) is 0.314. The maximum Gasteiger partial charge on any atom is 0.277 e. The Hall–Kier alpha value is -4.16. The number of anilines is 1. The van der Waals surface area contributed by atoms with Crippen molar-refractivity contribution in [1.29, 1.82) is 5.26 Å². The van der Waals surface area contributed by atoms with E-state index < -0.39 is 25.2 Å². The molecule has 12 heteroatoms. The lowest BCUT2D eigenvalue weighted by atomic mass is 10.3. The van der Waals surface area contributed by atoms with Gasteiger partial charge in [-0.2, -0.15) is 5.26 Å². The number of hydrogen-bond acceptors (Lipinski definition) is 7. The minimum absolute atomic E-state index is 0.0771. The average Bonchev–Trinajstić information content (AvgIpc) is 3.17. The van der Waals surface area contributed by atoms with E-state index >= 15 is 0 Å². The number of nitrogens with zero attached hydrogens (tertiary/aromatic N) is 2. The molecule has 184 valence electrons. The normalized spacial score (nSPS) is 9.77. The van der Waals surface area contributed by atoms with E-state index in [1.54, 1.807) is 37.3 Å². The molecule has 1 aromatic carbocycles. The fourth-order valence-electron chi connectivity index (χ4n) is 2.62. The molecule has 0 fully saturated rings. The van der Waals surface area contributed by atoms with Gasteiger partial charge in [-0.15, -0.1) is 0 Å². The van der Waals surface area contributed by atoms with Crippen molar-refractivity contribution < 1.29 is 23.1 Å². The van der Waals surface area contributed by atoms with E-state index in [1.807, 2.05) is 0 Å². The molecule has 2 rings (SSSR count). The van der Waals surface area contributed by atoms with Crippen LogP contribution in [0.4, 0.5) is 14.5 Å². The van der Waals surface area contributed by atoms with Crippen molar-refractivity contribution in [2.45, 2.75) is 13.5 Å². The summed E-state index contributed by atoms with van der Waals surface area (Å²) in [4.78, 5) is 36.1. The molecule has 1 heterocycles. The molecule has 3 N–H and O–H groups in total. The first-order valence-corrected chi connectivity index (χ1v) is 11.3. The summed E-state index contributed by atoms with van der Waals surface area (Å²) in [7, 11) is 0. The molecule has 35 heavy (non-hydrogen) atoms. The van der Waals surface area contributed by atoms with Crippen molar-refractivity contribution >= 4 is 40.3 Å². The van der Waals surface area contributed by atoms with E-state index in [0.29, 0.717) is 11.4 Å². The molecule has 0 saturated carbocycles. The lowest BCUT2D eigenvalue weighted by molar-refractivity contribution is -0.123. The SMILES string of the molecule is CCn1c(=C=C(C#N)C(=O)NCCF)sc(=C=CNc2cccc(OCC(=O)NCCF)c2)c1=O. The largest absolute Gasteiger partial charge is 0.484 e. The molecule has 0 aliphatic rings. The number of nitrogens with one attached hydrogen (secondary N) is 3. The third-order valence-corrected chi connectivity index (χ3v) is 5.23. The highest BCUT2D eigenvalue weighted by Crippen LogP contribution is 2.17. The minimum Gasteiger partial charge on any atom is -0.484 e. The Morgan fingerprint density at radius 3 is 2.66 bits per heavy atom. The number of hydrogen-bond donors (Lipinski definition) is 3. The number of alkyl halides is 2. The van der Waals surface area contributed by atoms with Crippen molar-refractivity contribution in [1.82, 2.24) is 15.2 Å². The second-order valence-corrected chi connectivity index (χ2v) is 7.63. The van der Waals surface area contributed by atoms with Gasteiger partial charge in [-0.05, 0) is 19.1 Å². The number of aromatic nitrogens is 1. The van der Waals surface area contributed by atoms with Gasteiger partial charge in [0, 0.05) is 37.6 Å². The van der Waals surface area contributed by atoms with E-state index in [4.69, 9.17) is 4.74 Å². The van der Waals surface area contributed by atoms with Crippen LogP contribution in [0.1, 0.15) is 6.92 Å². The summed E-state index contributed by atoms with van der Waals surface area (Å²) in [5, 5.41) is 16.8. The standard InChI is InChI=1S/C23H23F2N5O4S/c1-2-30-21(12-16(14-26)22(32)29-11-8-25)35-19(23(30)33)6-9-27-17-4-3-5-18(13-17)34-15-20(31)28-10-7-24/h3-5,9,13,27H,2,7-8,10-11,15H2,1H3,(H,28,31)(H,29,32). The summed E-state index contributed by atoms with van der Waals surface area (Å²) in [6.07, 6.45) is 1.41. The number of thiazole rings is 1. The number of ether oxygens (including phenoxy) is 1. The van der Waals surface area contributed by atoms with Gasteiger partial charge in [-0.25, -0.2) is 8.78 Å². The summed E-state index contributed by atoms with van der Waals surface area (Å²) in [5.74, 6) is -0.820. The molecular formula is C23H23F2N5O4S. The predicted molar refractivity (Wildman–Crippen MR) is 128 cm³/mol. The highest BCUT2D eigenvalue weighted by atomic mass is 32.1.